The molecule has 0 amide bonds. The monoisotopic (exact) mass is 359 g/mol. The van der Waals surface area contributed by atoms with Gasteiger partial charge in [0.15, 0.2) is 0 Å². The molecule has 2 saturated heterocycles. The van der Waals surface area contributed by atoms with Crippen LogP contribution in [0.4, 0.5) is 0 Å². The van der Waals surface area contributed by atoms with Crippen molar-refractivity contribution in [1.29, 1.82) is 0 Å². The number of rotatable bonds is 4. The molecule has 1 aromatic rings. The molecule has 1 N–H and O–H groups in total. The highest BCUT2D eigenvalue weighted by Gasteiger charge is 2.38. The van der Waals surface area contributed by atoms with Crippen molar-refractivity contribution in [3.05, 3.63) is 35.4 Å². The zero-order chi connectivity index (χ0) is 15.6. The second kappa shape index (κ2) is 7.94. The standard InChI is InChI=1S/C16H25N3O2S.ClH/c1-2-14-5-7-15(8-6-14)16-13-17-9-12-19(16)22(20,21)18-10-3-4-11-18;/h5-8,16-17H,2-4,9-13H2,1H3;1H. The zero-order valence-electron chi connectivity index (χ0n) is 13.6. The van der Waals surface area contributed by atoms with E-state index >= 15 is 0 Å². The third-order valence-electron chi connectivity index (χ3n) is 4.65. The lowest BCUT2D eigenvalue weighted by Crippen LogP contribution is -2.52. The lowest BCUT2D eigenvalue weighted by Gasteiger charge is -2.37. The van der Waals surface area contributed by atoms with Crippen LogP contribution in [0, 0.1) is 0 Å². The number of hydrogen-bond acceptors (Lipinski definition) is 3. The highest BCUT2D eigenvalue weighted by Crippen LogP contribution is 2.28. The minimum atomic E-state index is -3.35. The molecule has 0 radical (unpaired) electrons. The topological polar surface area (TPSA) is 52.7 Å². The fourth-order valence-corrected chi connectivity index (χ4v) is 5.14. The van der Waals surface area contributed by atoms with Gasteiger partial charge in [-0.3, -0.25) is 0 Å². The average molecular weight is 360 g/mol. The highest BCUT2D eigenvalue weighted by atomic mass is 35.5. The molecular formula is C16H26ClN3O2S. The molecule has 2 heterocycles. The predicted molar refractivity (Wildman–Crippen MR) is 95.1 cm³/mol. The number of aryl methyl sites for hydroxylation is 1. The summed E-state index contributed by atoms with van der Waals surface area (Å²) < 4.78 is 29.2. The Bertz CT molecular complexity index is 600. The van der Waals surface area contributed by atoms with Crippen LogP contribution in [0.3, 0.4) is 0 Å². The Kier molecular flexibility index (Phi) is 6.45. The number of halogens is 1. The third-order valence-corrected chi connectivity index (χ3v) is 6.70. The summed E-state index contributed by atoms with van der Waals surface area (Å²) in [6, 6.07) is 8.24. The Morgan fingerprint density at radius 3 is 2.39 bits per heavy atom. The van der Waals surface area contributed by atoms with E-state index in [0.717, 1.165) is 31.4 Å². The van der Waals surface area contributed by atoms with Gasteiger partial charge in [-0.2, -0.15) is 17.0 Å². The molecule has 1 unspecified atom stereocenters. The number of nitrogens with one attached hydrogen (secondary N) is 1. The summed E-state index contributed by atoms with van der Waals surface area (Å²) in [4.78, 5) is 0. The average Bonchev–Trinajstić information content (AvgIpc) is 3.10. The zero-order valence-corrected chi connectivity index (χ0v) is 15.2. The van der Waals surface area contributed by atoms with E-state index in [4.69, 9.17) is 0 Å². The molecule has 2 aliphatic rings. The first kappa shape index (κ1) is 18.7. The Morgan fingerprint density at radius 1 is 1.13 bits per heavy atom. The SMILES string of the molecule is CCc1ccc(C2CNCCN2S(=O)(=O)N2CCCC2)cc1.Cl. The smallest absolute Gasteiger partial charge is 0.282 e. The Balaban J connectivity index is 0.00000192. The van der Waals surface area contributed by atoms with Gasteiger partial charge in [-0.15, -0.1) is 12.4 Å². The molecule has 0 saturated carbocycles. The van der Waals surface area contributed by atoms with E-state index in [9.17, 15) is 8.42 Å². The normalized spacial score (nSPS) is 23.6. The Hall–Kier alpha value is -0.660. The van der Waals surface area contributed by atoms with Crippen molar-refractivity contribution in [3.63, 3.8) is 0 Å². The summed E-state index contributed by atoms with van der Waals surface area (Å²) >= 11 is 0. The summed E-state index contributed by atoms with van der Waals surface area (Å²) in [5.41, 5.74) is 2.36. The van der Waals surface area contributed by atoms with Crippen molar-refractivity contribution in [3.8, 4) is 0 Å². The first-order valence-electron chi connectivity index (χ1n) is 8.19. The number of benzene rings is 1. The number of hydrogen-bond donors (Lipinski definition) is 1. The molecule has 2 aliphatic heterocycles. The van der Waals surface area contributed by atoms with Crippen LogP contribution in [0.15, 0.2) is 24.3 Å². The van der Waals surface area contributed by atoms with Gasteiger partial charge in [0.2, 0.25) is 0 Å². The lowest BCUT2D eigenvalue weighted by atomic mass is 10.0. The molecule has 0 aromatic heterocycles. The maximum absolute atomic E-state index is 12.9. The van der Waals surface area contributed by atoms with Crippen molar-refractivity contribution in [2.75, 3.05) is 32.7 Å². The molecule has 7 heteroatoms. The van der Waals surface area contributed by atoms with Crippen LogP contribution in [-0.4, -0.2) is 49.8 Å². The summed E-state index contributed by atoms with van der Waals surface area (Å²) in [6.07, 6.45) is 2.95. The van der Waals surface area contributed by atoms with Crippen LogP contribution in [-0.2, 0) is 16.6 Å². The maximum Gasteiger partial charge on any atom is 0.282 e. The molecular weight excluding hydrogens is 334 g/mol. The van der Waals surface area contributed by atoms with Gasteiger partial charge in [0, 0.05) is 32.7 Å². The van der Waals surface area contributed by atoms with Gasteiger partial charge in [-0.1, -0.05) is 31.2 Å². The van der Waals surface area contributed by atoms with Crippen molar-refractivity contribution in [2.45, 2.75) is 32.2 Å². The first-order valence-corrected chi connectivity index (χ1v) is 9.59. The molecule has 0 bridgehead atoms. The van der Waals surface area contributed by atoms with Gasteiger partial charge in [0.05, 0.1) is 6.04 Å². The minimum Gasteiger partial charge on any atom is -0.313 e. The molecule has 5 nitrogen and oxygen atoms in total. The van der Waals surface area contributed by atoms with Crippen LogP contribution in [0.2, 0.25) is 0 Å². The molecule has 0 aliphatic carbocycles. The Morgan fingerprint density at radius 2 is 1.78 bits per heavy atom. The van der Waals surface area contributed by atoms with E-state index in [1.165, 1.54) is 5.56 Å². The first-order chi connectivity index (χ1) is 10.6. The van der Waals surface area contributed by atoms with Gasteiger partial charge in [0.1, 0.15) is 0 Å². The summed E-state index contributed by atoms with van der Waals surface area (Å²) in [5, 5.41) is 3.33. The van der Waals surface area contributed by atoms with Crippen LogP contribution < -0.4 is 5.32 Å². The second-order valence-electron chi connectivity index (χ2n) is 6.04. The molecule has 130 valence electrons. The second-order valence-corrected chi connectivity index (χ2v) is 7.92. The van der Waals surface area contributed by atoms with Crippen molar-refractivity contribution < 1.29 is 8.42 Å². The molecule has 1 aromatic carbocycles. The van der Waals surface area contributed by atoms with Gasteiger partial charge in [-0.05, 0) is 30.4 Å². The van der Waals surface area contributed by atoms with E-state index in [2.05, 4.69) is 36.5 Å². The molecule has 23 heavy (non-hydrogen) atoms. The van der Waals surface area contributed by atoms with Crippen molar-refractivity contribution >= 4 is 22.6 Å². The van der Waals surface area contributed by atoms with Gasteiger partial charge < -0.3 is 5.32 Å². The largest absolute Gasteiger partial charge is 0.313 e. The van der Waals surface area contributed by atoms with Gasteiger partial charge in [-0.25, -0.2) is 0 Å². The van der Waals surface area contributed by atoms with Crippen molar-refractivity contribution in [1.82, 2.24) is 13.9 Å². The van der Waals surface area contributed by atoms with Crippen molar-refractivity contribution in [2.24, 2.45) is 0 Å². The fraction of sp³-hybridized carbons (Fsp3) is 0.625. The maximum atomic E-state index is 12.9. The minimum absolute atomic E-state index is 0. The van der Waals surface area contributed by atoms with E-state index in [0.29, 0.717) is 26.2 Å². The lowest BCUT2D eigenvalue weighted by molar-refractivity contribution is 0.252. The molecule has 3 rings (SSSR count). The highest BCUT2D eigenvalue weighted by molar-refractivity contribution is 7.86. The summed E-state index contributed by atoms with van der Waals surface area (Å²) in [5.74, 6) is 0. The Labute approximate surface area is 145 Å². The van der Waals surface area contributed by atoms with E-state index in [1.54, 1.807) is 8.61 Å². The molecule has 2 fully saturated rings. The quantitative estimate of drug-likeness (QED) is 0.894. The van der Waals surface area contributed by atoms with Crippen LogP contribution >= 0.6 is 12.4 Å². The molecule has 1 atom stereocenters. The summed E-state index contributed by atoms with van der Waals surface area (Å²) in [7, 11) is -3.35. The van der Waals surface area contributed by atoms with Crippen LogP contribution in [0.5, 0.6) is 0 Å². The predicted octanol–water partition coefficient (Wildman–Crippen LogP) is 1.96. The molecule has 0 spiro atoms. The van der Waals surface area contributed by atoms with Gasteiger partial charge in [0.25, 0.3) is 10.2 Å². The summed E-state index contributed by atoms with van der Waals surface area (Å²) in [6.45, 7) is 5.39. The van der Waals surface area contributed by atoms with Crippen LogP contribution in [0.25, 0.3) is 0 Å². The van der Waals surface area contributed by atoms with E-state index in [-0.39, 0.29) is 18.4 Å². The number of nitrogens with zero attached hydrogens (tertiary/aromatic N) is 2. The van der Waals surface area contributed by atoms with Gasteiger partial charge >= 0.3 is 0 Å². The number of piperazine rings is 1. The third kappa shape index (κ3) is 3.88. The van der Waals surface area contributed by atoms with Crippen LogP contribution in [0.1, 0.15) is 36.9 Å². The van der Waals surface area contributed by atoms with E-state index < -0.39 is 10.2 Å². The fourth-order valence-electron chi connectivity index (χ4n) is 3.29. The van der Waals surface area contributed by atoms with E-state index in [1.807, 2.05) is 0 Å².